The Kier molecular flexibility index (Phi) is 13.4. The Bertz CT molecular complexity index is 1310. The molecule has 4 rings (SSSR count). The Morgan fingerprint density at radius 3 is 1.46 bits per heavy atom. The molecule has 3 aromatic rings. The maximum atomic E-state index is 12.6. The number of piperazine rings is 1. The molecule has 0 bridgehead atoms. The molecule has 46 heavy (non-hydrogen) atoms. The standard InChI is InChI=1S/C35H47N5O4S2/c1-36(2)29-11-7-27(8-12-29)33(41)43-25-5-19-38(20-6-26-44-34(42)28-9-13-30(14-10-28)37(3)4)31-15-17-32(18-16-31)39-21-23-40(24-22-39)35(45)46/h7-18,35,45-46H,5-6,19-26H2,1-4H3. The van der Waals surface area contributed by atoms with E-state index in [2.05, 4.69) is 64.2 Å². The quantitative estimate of drug-likeness (QED) is 0.0964. The molecule has 0 radical (unpaired) electrons. The molecule has 11 heteroatoms. The van der Waals surface area contributed by atoms with Gasteiger partial charge in [-0.05, 0) is 85.6 Å². The summed E-state index contributed by atoms with van der Waals surface area (Å²) >= 11 is 8.90. The zero-order valence-corrected chi connectivity index (χ0v) is 29.1. The van der Waals surface area contributed by atoms with Gasteiger partial charge in [0, 0.05) is 90.2 Å². The van der Waals surface area contributed by atoms with E-state index in [-0.39, 0.29) is 16.6 Å². The second-order valence-electron chi connectivity index (χ2n) is 11.7. The number of rotatable bonds is 15. The molecule has 1 saturated heterocycles. The van der Waals surface area contributed by atoms with E-state index >= 15 is 0 Å². The van der Waals surface area contributed by atoms with Gasteiger partial charge in [-0.15, -0.1) is 25.3 Å². The van der Waals surface area contributed by atoms with Crippen LogP contribution in [0.4, 0.5) is 22.7 Å². The van der Waals surface area contributed by atoms with E-state index in [0.29, 0.717) is 50.3 Å². The van der Waals surface area contributed by atoms with Crippen molar-refractivity contribution in [1.29, 1.82) is 0 Å². The van der Waals surface area contributed by atoms with Crippen LogP contribution in [0, 0.1) is 0 Å². The van der Waals surface area contributed by atoms with Gasteiger partial charge in [0.15, 0.2) is 0 Å². The third-order valence-corrected chi connectivity index (χ3v) is 8.72. The number of nitrogens with zero attached hydrogens (tertiary/aromatic N) is 5. The Hall–Kier alpha value is -3.54. The first-order valence-corrected chi connectivity index (χ1v) is 16.7. The SMILES string of the molecule is CN(C)c1ccc(C(=O)OCCCN(CCCOC(=O)c2ccc(N(C)C)cc2)c2ccc(N3CCN(C(S)S)CC3)cc2)cc1. The lowest BCUT2D eigenvalue weighted by Gasteiger charge is -2.37. The normalized spacial score (nSPS) is 13.4. The number of carbonyl (C=O) groups excluding carboxylic acids is 2. The first-order valence-electron chi connectivity index (χ1n) is 15.7. The van der Waals surface area contributed by atoms with E-state index in [4.69, 9.17) is 9.47 Å². The van der Waals surface area contributed by atoms with Crippen molar-refractivity contribution in [2.45, 2.75) is 17.5 Å². The van der Waals surface area contributed by atoms with Crippen LogP contribution in [-0.4, -0.2) is 102 Å². The lowest BCUT2D eigenvalue weighted by molar-refractivity contribution is 0.0498. The minimum absolute atomic E-state index is 0.0381. The molecule has 1 aliphatic rings. The average molecular weight is 666 g/mol. The Labute approximate surface area is 284 Å². The van der Waals surface area contributed by atoms with Crippen molar-refractivity contribution in [3.05, 3.63) is 83.9 Å². The number of thiol groups is 2. The van der Waals surface area contributed by atoms with Gasteiger partial charge in [0.2, 0.25) is 0 Å². The Morgan fingerprint density at radius 1 is 0.652 bits per heavy atom. The minimum Gasteiger partial charge on any atom is -0.462 e. The summed E-state index contributed by atoms with van der Waals surface area (Å²) < 4.78 is 11.2. The Balaban J connectivity index is 1.32. The molecule has 9 nitrogen and oxygen atoms in total. The number of ether oxygens (including phenoxy) is 2. The van der Waals surface area contributed by atoms with Gasteiger partial charge in [-0.3, -0.25) is 4.90 Å². The average Bonchev–Trinajstić information content (AvgIpc) is 3.07. The lowest BCUT2D eigenvalue weighted by Crippen LogP contribution is -2.47. The predicted octanol–water partition coefficient (Wildman–Crippen LogP) is 5.38. The number of benzene rings is 3. The van der Waals surface area contributed by atoms with Crippen LogP contribution in [0.1, 0.15) is 33.6 Å². The van der Waals surface area contributed by atoms with E-state index in [1.807, 2.05) is 62.3 Å². The number of anilines is 4. The second kappa shape index (κ2) is 17.4. The topological polar surface area (TPSA) is 68.8 Å². The molecule has 0 aliphatic carbocycles. The summed E-state index contributed by atoms with van der Waals surface area (Å²) in [4.78, 5) is 36.1. The molecular weight excluding hydrogens is 619 g/mol. The zero-order valence-electron chi connectivity index (χ0n) is 27.3. The van der Waals surface area contributed by atoms with Crippen molar-refractivity contribution in [2.75, 3.05) is 100 Å². The van der Waals surface area contributed by atoms with Gasteiger partial charge in [-0.25, -0.2) is 9.59 Å². The molecule has 0 spiro atoms. The van der Waals surface area contributed by atoms with Crippen molar-refractivity contribution in [3.8, 4) is 0 Å². The smallest absolute Gasteiger partial charge is 0.338 e. The molecule has 0 atom stereocenters. The fourth-order valence-corrected chi connectivity index (χ4v) is 5.72. The van der Waals surface area contributed by atoms with Crippen LogP contribution in [0.3, 0.4) is 0 Å². The van der Waals surface area contributed by atoms with Crippen LogP contribution in [0.15, 0.2) is 72.8 Å². The maximum Gasteiger partial charge on any atom is 0.338 e. The van der Waals surface area contributed by atoms with E-state index in [0.717, 1.165) is 43.2 Å². The summed E-state index contributed by atoms with van der Waals surface area (Å²) in [5, 5.41) is 0. The van der Waals surface area contributed by atoms with Gasteiger partial charge in [0.05, 0.1) is 29.0 Å². The summed E-state index contributed by atoms with van der Waals surface area (Å²) in [5.74, 6) is -0.650. The highest BCUT2D eigenvalue weighted by Gasteiger charge is 2.20. The van der Waals surface area contributed by atoms with Crippen molar-refractivity contribution >= 4 is 59.9 Å². The van der Waals surface area contributed by atoms with Crippen LogP contribution in [0.5, 0.6) is 0 Å². The van der Waals surface area contributed by atoms with Crippen LogP contribution < -0.4 is 19.6 Å². The maximum absolute atomic E-state index is 12.6. The molecule has 1 fully saturated rings. The van der Waals surface area contributed by atoms with Crippen LogP contribution in [0.2, 0.25) is 0 Å². The number of hydrogen-bond donors (Lipinski definition) is 2. The summed E-state index contributed by atoms with van der Waals surface area (Å²) in [6.45, 7) is 5.68. The van der Waals surface area contributed by atoms with Crippen LogP contribution in [0.25, 0.3) is 0 Å². The molecule has 0 unspecified atom stereocenters. The highest BCUT2D eigenvalue weighted by molar-refractivity contribution is 7.99. The van der Waals surface area contributed by atoms with Crippen molar-refractivity contribution in [1.82, 2.24) is 4.90 Å². The van der Waals surface area contributed by atoms with Crippen LogP contribution >= 0.6 is 25.3 Å². The minimum atomic E-state index is -0.325. The van der Waals surface area contributed by atoms with Gasteiger partial charge >= 0.3 is 11.9 Å². The second-order valence-corrected chi connectivity index (χ2v) is 13.1. The number of hydrogen-bond acceptors (Lipinski definition) is 11. The van der Waals surface area contributed by atoms with E-state index in [1.54, 1.807) is 24.3 Å². The molecule has 0 N–H and O–H groups in total. The molecule has 0 saturated carbocycles. The van der Waals surface area contributed by atoms with Crippen molar-refractivity contribution in [2.24, 2.45) is 0 Å². The van der Waals surface area contributed by atoms with Gasteiger partial charge in [-0.2, -0.15) is 0 Å². The molecule has 248 valence electrons. The van der Waals surface area contributed by atoms with Crippen molar-refractivity contribution < 1.29 is 19.1 Å². The zero-order chi connectivity index (χ0) is 33.1. The predicted molar refractivity (Wildman–Crippen MR) is 196 cm³/mol. The number of carbonyl (C=O) groups is 2. The van der Waals surface area contributed by atoms with Crippen LogP contribution in [-0.2, 0) is 9.47 Å². The highest BCUT2D eigenvalue weighted by atomic mass is 32.2. The van der Waals surface area contributed by atoms with Gasteiger partial charge < -0.3 is 29.1 Å². The van der Waals surface area contributed by atoms with E-state index in [1.165, 1.54) is 5.69 Å². The fraction of sp³-hybridized carbons (Fsp3) is 0.429. The molecule has 1 aliphatic heterocycles. The largest absolute Gasteiger partial charge is 0.462 e. The first kappa shape index (κ1) is 35.3. The molecule has 0 aromatic heterocycles. The Morgan fingerprint density at radius 2 is 1.07 bits per heavy atom. The summed E-state index contributed by atoms with van der Waals surface area (Å²) in [6, 6.07) is 23.4. The van der Waals surface area contributed by atoms with Gasteiger partial charge in [0.1, 0.15) is 0 Å². The lowest BCUT2D eigenvalue weighted by atomic mass is 10.2. The molecule has 1 heterocycles. The van der Waals surface area contributed by atoms with E-state index in [9.17, 15) is 9.59 Å². The van der Waals surface area contributed by atoms with E-state index < -0.39 is 0 Å². The number of esters is 2. The summed E-state index contributed by atoms with van der Waals surface area (Å²) in [7, 11) is 7.85. The summed E-state index contributed by atoms with van der Waals surface area (Å²) in [6.07, 6.45) is 1.33. The third kappa shape index (κ3) is 10.2. The van der Waals surface area contributed by atoms with Crippen molar-refractivity contribution in [3.63, 3.8) is 0 Å². The first-order chi connectivity index (χ1) is 22.1. The van der Waals surface area contributed by atoms with Gasteiger partial charge in [-0.1, -0.05) is 0 Å². The summed E-state index contributed by atoms with van der Waals surface area (Å²) in [5.41, 5.74) is 5.38. The molecule has 0 amide bonds. The molecular formula is C35H47N5O4S2. The molecule has 3 aromatic carbocycles. The fourth-order valence-electron chi connectivity index (χ4n) is 5.25. The third-order valence-electron chi connectivity index (χ3n) is 8.07. The van der Waals surface area contributed by atoms with Gasteiger partial charge in [0.25, 0.3) is 0 Å². The highest BCUT2D eigenvalue weighted by Crippen LogP contribution is 2.24. The monoisotopic (exact) mass is 665 g/mol.